The quantitative estimate of drug-likeness (QED) is 0.725. The summed E-state index contributed by atoms with van der Waals surface area (Å²) in [7, 11) is 0. The summed E-state index contributed by atoms with van der Waals surface area (Å²) in [6, 6.07) is 0. The molecule has 3 aliphatic rings. The Bertz CT molecular complexity index is 271. The van der Waals surface area contributed by atoms with Crippen LogP contribution in [0.15, 0.2) is 0 Å². The van der Waals surface area contributed by atoms with Gasteiger partial charge < -0.3 is 4.90 Å². The number of likely N-dealkylation sites (tertiary alicyclic amines) is 3. The topological polar surface area (TPSA) is 9.72 Å². The minimum atomic E-state index is 0.623. The second-order valence-electron chi connectivity index (χ2n) is 6.27. The lowest BCUT2D eigenvalue weighted by Crippen LogP contribution is -2.76. The summed E-state index contributed by atoms with van der Waals surface area (Å²) < 4.78 is 0. The lowest BCUT2D eigenvalue weighted by atomic mass is 9.77. The molecule has 3 aliphatic heterocycles. The van der Waals surface area contributed by atoms with Crippen molar-refractivity contribution in [2.45, 2.75) is 32.2 Å². The van der Waals surface area contributed by atoms with Gasteiger partial charge in [-0.1, -0.05) is 13.8 Å². The van der Waals surface area contributed by atoms with Gasteiger partial charge in [0.25, 0.3) is 0 Å². The molecule has 98 valence electrons. The van der Waals surface area contributed by atoms with Gasteiger partial charge in [-0.2, -0.15) is 0 Å². The molecule has 0 bridgehead atoms. The predicted octanol–water partition coefficient (Wildman–Crippen LogP) is 1.11. The summed E-state index contributed by atoms with van der Waals surface area (Å²) in [4.78, 5) is 7.98. The predicted molar refractivity (Wildman–Crippen MR) is 71.3 cm³/mol. The fourth-order valence-corrected chi connectivity index (χ4v) is 4.07. The average molecular weight is 237 g/mol. The largest absolute Gasteiger partial charge is 0.303 e. The van der Waals surface area contributed by atoms with Gasteiger partial charge in [0.15, 0.2) is 0 Å². The lowest BCUT2D eigenvalue weighted by molar-refractivity contribution is -0.123. The molecule has 3 nitrogen and oxygen atoms in total. The molecular formula is C14H27N3. The molecule has 0 aromatic heterocycles. The lowest BCUT2D eigenvalue weighted by Gasteiger charge is -2.63. The van der Waals surface area contributed by atoms with Gasteiger partial charge >= 0.3 is 0 Å². The van der Waals surface area contributed by atoms with E-state index in [0.29, 0.717) is 5.54 Å². The molecule has 3 saturated heterocycles. The van der Waals surface area contributed by atoms with Gasteiger partial charge in [-0.3, -0.25) is 9.80 Å². The summed E-state index contributed by atoms with van der Waals surface area (Å²) >= 11 is 0. The highest BCUT2D eigenvalue weighted by Gasteiger charge is 2.52. The van der Waals surface area contributed by atoms with Crippen molar-refractivity contribution < 1.29 is 0 Å². The molecule has 1 spiro atoms. The van der Waals surface area contributed by atoms with Crippen LogP contribution in [0.3, 0.4) is 0 Å². The summed E-state index contributed by atoms with van der Waals surface area (Å²) in [6.45, 7) is 15.2. The van der Waals surface area contributed by atoms with E-state index >= 15 is 0 Å². The molecule has 3 rings (SSSR count). The Morgan fingerprint density at radius 3 is 2.41 bits per heavy atom. The molecule has 0 saturated carbocycles. The maximum Gasteiger partial charge on any atom is 0.0475 e. The Morgan fingerprint density at radius 1 is 1.06 bits per heavy atom. The maximum absolute atomic E-state index is 2.70. The third-order valence-corrected chi connectivity index (χ3v) is 5.27. The zero-order valence-corrected chi connectivity index (χ0v) is 11.5. The van der Waals surface area contributed by atoms with Crippen LogP contribution in [-0.2, 0) is 0 Å². The van der Waals surface area contributed by atoms with Crippen LogP contribution in [-0.4, -0.2) is 72.6 Å². The number of hydrogen-bond acceptors (Lipinski definition) is 3. The van der Waals surface area contributed by atoms with Gasteiger partial charge in [0.2, 0.25) is 0 Å². The zero-order chi connectivity index (χ0) is 11.9. The molecule has 17 heavy (non-hydrogen) atoms. The fraction of sp³-hybridized carbons (Fsp3) is 1.00. The summed E-state index contributed by atoms with van der Waals surface area (Å²) in [5, 5.41) is 0. The van der Waals surface area contributed by atoms with Crippen LogP contribution < -0.4 is 0 Å². The van der Waals surface area contributed by atoms with E-state index in [1.54, 1.807) is 0 Å². The van der Waals surface area contributed by atoms with Crippen LogP contribution in [0.4, 0.5) is 0 Å². The second kappa shape index (κ2) is 4.52. The molecule has 0 N–H and O–H groups in total. The minimum absolute atomic E-state index is 0.623. The van der Waals surface area contributed by atoms with Crippen molar-refractivity contribution in [1.29, 1.82) is 0 Å². The third-order valence-electron chi connectivity index (χ3n) is 5.27. The molecule has 0 amide bonds. The molecular weight excluding hydrogens is 210 g/mol. The van der Waals surface area contributed by atoms with Gasteiger partial charge in [-0.25, -0.2) is 0 Å². The molecule has 1 atom stereocenters. The fourth-order valence-electron chi connectivity index (χ4n) is 4.07. The van der Waals surface area contributed by atoms with E-state index in [0.717, 1.165) is 5.92 Å². The molecule has 0 aliphatic carbocycles. The van der Waals surface area contributed by atoms with Crippen LogP contribution in [0.25, 0.3) is 0 Å². The minimum Gasteiger partial charge on any atom is -0.303 e. The van der Waals surface area contributed by atoms with Crippen LogP contribution in [0.2, 0.25) is 0 Å². The Kier molecular flexibility index (Phi) is 3.18. The van der Waals surface area contributed by atoms with Gasteiger partial charge in [-0.15, -0.1) is 0 Å². The van der Waals surface area contributed by atoms with Crippen molar-refractivity contribution >= 4 is 0 Å². The summed E-state index contributed by atoms with van der Waals surface area (Å²) in [6.07, 6.45) is 2.87. The maximum atomic E-state index is 2.70. The highest BCUT2D eigenvalue weighted by Crippen LogP contribution is 2.39. The van der Waals surface area contributed by atoms with E-state index < -0.39 is 0 Å². The van der Waals surface area contributed by atoms with Crippen molar-refractivity contribution in [3.63, 3.8) is 0 Å². The Morgan fingerprint density at radius 2 is 1.88 bits per heavy atom. The van der Waals surface area contributed by atoms with Crippen molar-refractivity contribution in [3.8, 4) is 0 Å². The molecule has 1 unspecified atom stereocenters. The van der Waals surface area contributed by atoms with E-state index in [9.17, 15) is 0 Å². The van der Waals surface area contributed by atoms with Crippen LogP contribution >= 0.6 is 0 Å². The van der Waals surface area contributed by atoms with Crippen molar-refractivity contribution in [3.05, 3.63) is 0 Å². The number of likely N-dealkylation sites (N-methyl/N-ethyl adjacent to an activating group) is 1. The zero-order valence-electron chi connectivity index (χ0n) is 11.5. The highest BCUT2D eigenvalue weighted by atomic mass is 15.4. The Hall–Kier alpha value is -0.120. The van der Waals surface area contributed by atoms with E-state index in [4.69, 9.17) is 0 Å². The number of rotatable bonds is 4. The summed E-state index contributed by atoms with van der Waals surface area (Å²) in [5.41, 5.74) is 0.623. The van der Waals surface area contributed by atoms with Crippen LogP contribution in [0.5, 0.6) is 0 Å². The van der Waals surface area contributed by atoms with Gasteiger partial charge in [0.05, 0.1) is 0 Å². The number of nitrogens with zero attached hydrogens (tertiary/aromatic N) is 3. The molecule has 3 heterocycles. The average Bonchev–Trinajstić information content (AvgIpc) is 2.69. The highest BCUT2D eigenvalue weighted by molar-refractivity contribution is 5.10. The molecule has 0 radical (unpaired) electrons. The van der Waals surface area contributed by atoms with Crippen molar-refractivity contribution in [1.82, 2.24) is 14.7 Å². The van der Waals surface area contributed by atoms with Gasteiger partial charge in [0.1, 0.15) is 0 Å². The summed E-state index contributed by atoms with van der Waals surface area (Å²) in [5.74, 6) is 0.947. The van der Waals surface area contributed by atoms with E-state index in [1.165, 1.54) is 65.2 Å². The Balaban J connectivity index is 1.42. The van der Waals surface area contributed by atoms with Gasteiger partial charge in [-0.05, 0) is 38.4 Å². The van der Waals surface area contributed by atoms with Crippen LogP contribution in [0.1, 0.15) is 26.7 Å². The first kappa shape index (κ1) is 11.9. The second-order valence-corrected chi connectivity index (χ2v) is 6.27. The first-order chi connectivity index (χ1) is 8.25. The molecule has 3 fully saturated rings. The normalized spacial score (nSPS) is 33.9. The molecule has 0 aromatic carbocycles. The molecule has 3 heteroatoms. The van der Waals surface area contributed by atoms with E-state index in [1.807, 2.05) is 0 Å². The monoisotopic (exact) mass is 237 g/mol. The van der Waals surface area contributed by atoms with E-state index in [2.05, 4.69) is 28.5 Å². The standard InChI is InChI=1S/C14H27N3/c1-3-15-7-5-13(9-15)10-16-11-14(12-16)6-8-17(14)4-2/h13H,3-12H2,1-2H3. The van der Waals surface area contributed by atoms with Crippen molar-refractivity contribution in [2.24, 2.45) is 5.92 Å². The van der Waals surface area contributed by atoms with Crippen molar-refractivity contribution in [2.75, 3.05) is 52.4 Å². The van der Waals surface area contributed by atoms with Crippen LogP contribution in [0, 0.1) is 5.92 Å². The smallest absolute Gasteiger partial charge is 0.0475 e. The Labute approximate surface area is 106 Å². The molecule has 0 aromatic rings. The third kappa shape index (κ3) is 2.02. The van der Waals surface area contributed by atoms with Gasteiger partial charge in [0, 0.05) is 38.3 Å². The first-order valence-corrected chi connectivity index (χ1v) is 7.45. The number of hydrogen-bond donors (Lipinski definition) is 0. The van der Waals surface area contributed by atoms with E-state index in [-0.39, 0.29) is 0 Å². The first-order valence-electron chi connectivity index (χ1n) is 7.45. The SMILES string of the molecule is CCN1CCC(CN2CC3(CCN3CC)C2)C1.